The molecule has 0 aromatic heterocycles. The summed E-state index contributed by atoms with van der Waals surface area (Å²) in [6.07, 6.45) is 0. The molecule has 0 amide bonds. The van der Waals surface area contributed by atoms with Crippen LogP contribution in [0.25, 0.3) is 0 Å². The van der Waals surface area contributed by atoms with Gasteiger partial charge in [-0.25, -0.2) is 8.42 Å². The van der Waals surface area contributed by atoms with Gasteiger partial charge in [0.05, 0.1) is 10.4 Å². The molecule has 5 aromatic carbocycles. The van der Waals surface area contributed by atoms with Gasteiger partial charge in [-0.3, -0.25) is 0 Å². The van der Waals surface area contributed by atoms with E-state index in [1.165, 1.54) is 0 Å². The molecule has 0 heterocycles. The van der Waals surface area contributed by atoms with Gasteiger partial charge >= 0.3 is 0 Å². The molecule has 0 unspecified atom stereocenters. The standard InChI is InChI=1S/C32H27O2PS/c33-36(34,26-27-16-6-1-7-17-27)32(28-18-8-2-9-19-28)35(29-20-10-3-11-21-29,30-22-12-4-13-23-30)31-24-14-5-15-25-31/h1-25H,26H2. The van der Waals surface area contributed by atoms with Crippen LogP contribution in [0, 0.1) is 0 Å². The maximum Gasteiger partial charge on any atom is 0.184 e. The molecule has 178 valence electrons. The average Bonchev–Trinajstić information content (AvgIpc) is 2.94. The Morgan fingerprint density at radius 3 is 1.19 bits per heavy atom. The van der Waals surface area contributed by atoms with Gasteiger partial charge in [-0.15, -0.1) is 0 Å². The van der Waals surface area contributed by atoms with Crippen LogP contribution < -0.4 is 15.9 Å². The second kappa shape index (κ2) is 10.5. The third-order valence-corrected chi connectivity index (χ3v) is 13.5. The minimum absolute atomic E-state index is 0.0632. The first-order valence-electron chi connectivity index (χ1n) is 11.9. The highest BCUT2D eigenvalue weighted by molar-refractivity contribution is 8.20. The number of sulfone groups is 1. The normalized spacial score (nSPS) is 11.7. The van der Waals surface area contributed by atoms with Gasteiger partial charge in [0.2, 0.25) is 0 Å². The Balaban J connectivity index is 2.03. The van der Waals surface area contributed by atoms with E-state index in [1.807, 2.05) is 115 Å². The molecule has 0 radical (unpaired) electrons. The molecule has 36 heavy (non-hydrogen) atoms. The van der Waals surface area contributed by atoms with Crippen molar-refractivity contribution in [3.05, 3.63) is 163 Å². The molecule has 0 saturated carbocycles. The van der Waals surface area contributed by atoms with E-state index >= 15 is 0 Å². The van der Waals surface area contributed by atoms with Crippen molar-refractivity contribution in [3.63, 3.8) is 0 Å². The minimum atomic E-state index is -3.76. The first-order chi connectivity index (χ1) is 17.6. The lowest BCUT2D eigenvalue weighted by Crippen LogP contribution is -2.34. The fourth-order valence-electron chi connectivity index (χ4n) is 4.78. The largest absolute Gasteiger partial charge is 0.223 e. The van der Waals surface area contributed by atoms with E-state index in [9.17, 15) is 8.42 Å². The summed E-state index contributed by atoms with van der Waals surface area (Å²) >= 11 is 0. The van der Waals surface area contributed by atoms with Crippen molar-refractivity contribution in [3.8, 4) is 0 Å². The smallest absolute Gasteiger partial charge is 0.184 e. The minimum Gasteiger partial charge on any atom is -0.223 e. The molecule has 0 aliphatic carbocycles. The Bertz CT molecular complexity index is 1480. The molecule has 0 aliphatic rings. The molecular weight excluding hydrogens is 479 g/mol. The zero-order chi connectivity index (χ0) is 24.8. The first-order valence-corrected chi connectivity index (χ1v) is 15.3. The van der Waals surface area contributed by atoms with Crippen LogP contribution in [0.5, 0.6) is 0 Å². The van der Waals surface area contributed by atoms with E-state index in [-0.39, 0.29) is 5.75 Å². The van der Waals surface area contributed by atoms with Crippen LogP contribution in [-0.2, 0) is 15.6 Å². The Labute approximate surface area is 213 Å². The molecule has 0 aliphatic heterocycles. The summed E-state index contributed by atoms with van der Waals surface area (Å²) in [5.74, 6) is -0.0632. The summed E-state index contributed by atoms with van der Waals surface area (Å²) in [5.41, 5.74) is 1.51. The number of rotatable bonds is 7. The van der Waals surface area contributed by atoms with E-state index in [0.717, 1.165) is 27.0 Å². The van der Waals surface area contributed by atoms with E-state index in [4.69, 9.17) is 0 Å². The lowest BCUT2D eigenvalue weighted by atomic mass is 10.2. The van der Waals surface area contributed by atoms with Gasteiger partial charge in [-0.1, -0.05) is 152 Å². The zero-order valence-corrected chi connectivity index (χ0v) is 21.5. The summed E-state index contributed by atoms with van der Waals surface area (Å²) < 4.78 is 29.8. The maximum absolute atomic E-state index is 14.7. The average molecular weight is 507 g/mol. The fourth-order valence-corrected chi connectivity index (χ4v) is 12.8. The SMILES string of the molecule is O=S(=O)(Cc1ccccc1)C(c1ccccc1)=P(c1ccccc1)(c1ccccc1)c1ccccc1. The third-order valence-electron chi connectivity index (χ3n) is 6.25. The highest BCUT2D eigenvalue weighted by atomic mass is 32.2. The predicted octanol–water partition coefficient (Wildman–Crippen LogP) is 5.77. The molecule has 2 nitrogen and oxygen atoms in total. The summed E-state index contributed by atoms with van der Waals surface area (Å²) in [5, 5.41) is 3.04. The van der Waals surface area contributed by atoms with Crippen LogP contribution in [-0.4, -0.2) is 13.0 Å². The van der Waals surface area contributed by atoms with Crippen molar-refractivity contribution in [1.82, 2.24) is 0 Å². The van der Waals surface area contributed by atoms with Crippen molar-refractivity contribution < 1.29 is 8.42 Å². The molecular formula is C32H27O2PS. The zero-order valence-electron chi connectivity index (χ0n) is 19.8. The molecule has 0 fully saturated rings. The quantitative estimate of drug-likeness (QED) is 0.263. The van der Waals surface area contributed by atoms with E-state index in [0.29, 0.717) is 4.63 Å². The van der Waals surface area contributed by atoms with Gasteiger partial charge in [0.25, 0.3) is 0 Å². The van der Waals surface area contributed by atoms with Gasteiger partial charge in [-0.2, -0.15) is 0 Å². The molecule has 5 aromatic rings. The van der Waals surface area contributed by atoms with Crippen LogP contribution in [0.3, 0.4) is 0 Å². The monoisotopic (exact) mass is 506 g/mol. The summed E-state index contributed by atoms with van der Waals surface area (Å²) in [6, 6.07) is 49.5. The van der Waals surface area contributed by atoms with Crippen LogP contribution >= 0.6 is 6.89 Å². The fraction of sp³-hybridized carbons (Fsp3) is 0.0312. The van der Waals surface area contributed by atoms with Crippen molar-refractivity contribution in [2.24, 2.45) is 0 Å². The Morgan fingerprint density at radius 1 is 0.472 bits per heavy atom. The molecule has 4 heteroatoms. The topological polar surface area (TPSA) is 34.1 Å². The summed E-state index contributed by atoms with van der Waals surface area (Å²) in [4.78, 5) is 0. The van der Waals surface area contributed by atoms with Crippen LogP contribution in [0.1, 0.15) is 11.1 Å². The van der Waals surface area contributed by atoms with Gasteiger partial charge < -0.3 is 0 Å². The van der Waals surface area contributed by atoms with Crippen molar-refractivity contribution in [2.45, 2.75) is 5.75 Å². The Hall–Kier alpha value is -3.65. The van der Waals surface area contributed by atoms with Crippen LogP contribution in [0.2, 0.25) is 0 Å². The number of hydrogen-bond acceptors (Lipinski definition) is 2. The van der Waals surface area contributed by atoms with Gasteiger partial charge in [0.15, 0.2) is 9.84 Å². The highest BCUT2D eigenvalue weighted by Crippen LogP contribution is 2.49. The molecule has 0 atom stereocenters. The van der Waals surface area contributed by atoms with E-state index in [2.05, 4.69) is 36.4 Å². The van der Waals surface area contributed by atoms with Crippen LogP contribution in [0.4, 0.5) is 0 Å². The first kappa shape index (κ1) is 24.1. The molecule has 5 rings (SSSR count). The number of hydrogen-bond donors (Lipinski definition) is 0. The van der Waals surface area contributed by atoms with E-state index < -0.39 is 16.7 Å². The molecule has 0 bridgehead atoms. The molecule has 0 spiro atoms. The number of benzene rings is 5. The summed E-state index contributed by atoms with van der Waals surface area (Å²) in [6.45, 7) is -2.82. The second-order valence-electron chi connectivity index (χ2n) is 8.59. The maximum atomic E-state index is 14.7. The predicted molar refractivity (Wildman–Crippen MR) is 155 cm³/mol. The van der Waals surface area contributed by atoms with Gasteiger partial charge in [0.1, 0.15) is 0 Å². The van der Waals surface area contributed by atoms with Crippen LogP contribution in [0.15, 0.2) is 152 Å². The van der Waals surface area contributed by atoms with Crippen molar-refractivity contribution in [2.75, 3.05) is 0 Å². The van der Waals surface area contributed by atoms with Crippen molar-refractivity contribution in [1.29, 1.82) is 0 Å². The molecule has 0 N–H and O–H groups in total. The molecule has 0 saturated heterocycles. The third kappa shape index (κ3) is 4.60. The highest BCUT2D eigenvalue weighted by Gasteiger charge is 2.36. The van der Waals surface area contributed by atoms with Gasteiger partial charge in [-0.05, 0) is 33.9 Å². The lowest BCUT2D eigenvalue weighted by molar-refractivity contribution is 0.607. The van der Waals surface area contributed by atoms with E-state index in [1.54, 1.807) is 0 Å². The Kier molecular flexibility index (Phi) is 7.04. The Morgan fingerprint density at radius 2 is 0.806 bits per heavy atom. The second-order valence-corrected chi connectivity index (χ2v) is 14.2. The summed E-state index contributed by atoms with van der Waals surface area (Å²) in [7, 11) is -3.76. The lowest BCUT2D eigenvalue weighted by Gasteiger charge is -2.33. The van der Waals surface area contributed by atoms with Crippen molar-refractivity contribution >= 4 is 37.3 Å². The van der Waals surface area contributed by atoms with Gasteiger partial charge in [0, 0.05) is 0 Å².